The predicted molar refractivity (Wildman–Crippen MR) is 303 cm³/mol. The number of nitrogens with zero attached hydrogens (tertiary/aromatic N) is 1. The van der Waals surface area contributed by atoms with E-state index in [0.29, 0.717) is 0 Å². The van der Waals surface area contributed by atoms with Crippen molar-refractivity contribution in [1.29, 1.82) is 0 Å². The molecule has 0 aliphatic carbocycles. The van der Waals surface area contributed by atoms with Crippen molar-refractivity contribution in [3.8, 4) is 12.3 Å². The van der Waals surface area contributed by atoms with Crippen LogP contribution in [0.25, 0.3) is 0 Å². The van der Waals surface area contributed by atoms with Crippen molar-refractivity contribution in [3.63, 3.8) is 0 Å². The van der Waals surface area contributed by atoms with E-state index in [-0.39, 0.29) is 0 Å². The summed E-state index contributed by atoms with van der Waals surface area (Å²) < 4.78 is 98.3. The molecule has 0 aromatic rings. The van der Waals surface area contributed by atoms with Crippen LogP contribution in [0.2, 0.25) is 0 Å². The van der Waals surface area contributed by atoms with Crippen LogP contribution in [-0.4, -0.2) is 462 Å². The molecule has 25 N–H and O–H groups in total. The predicted octanol–water partition coefficient (Wildman–Crippen LogP) is -18.2. The smallest absolute Gasteiger partial charge is 0.222 e. The van der Waals surface area contributed by atoms with Crippen molar-refractivity contribution in [2.45, 2.75) is 265 Å². The van der Waals surface area contributed by atoms with Gasteiger partial charge in [0.05, 0.1) is 66.0 Å². The van der Waals surface area contributed by atoms with Crippen molar-refractivity contribution in [2.75, 3.05) is 66.0 Å². The second kappa shape index (κ2) is 35.4. The van der Waals surface area contributed by atoms with Gasteiger partial charge in [-0.05, 0) is 0 Å². The molecule has 44 heteroatoms. The summed E-state index contributed by atoms with van der Waals surface area (Å²) in [4.78, 5) is 13.4. The number of terminal acetylenes is 1. The highest BCUT2D eigenvalue weighted by Crippen LogP contribution is 2.38. The molecule has 0 bridgehead atoms. The summed E-state index contributed by atoms with van der Waals surface area (Å²) >= 11 is 0. The van der Waals surface area contributed by atoms with Crippen LogP contribution in [0.15, 0.2) is 0 Å². The van der Waals surface area contributed by atoms with Gasteiger partial charge >= 0.3 is 0 Å². The monoisotopic (exact) mass is 1470 g/mol. The number of carbonyl (C=O) groups is 1. The van der Waals surface area contributed by atoms with Crippen LogP contribution >= 0.6 is 0 Å². The van der Waals surface area contributed by atoms with Gasteiger partial charge in [0.1, 0.15) is 201 Å². The number of amides is 1. The summed E-state index contributed by atoms with van der Waals surface area (Å²) in [6.45, 7) is -7.37. The van der Waals surface area contributed by atoms with Crippen LogP contribution in [0.1, 0.15) is 6.92 Å². The van der Waals surface area contributed by atoms with Gasteiger partial charge in [-0.2, -0.15) is 0 Å². The molecule has 9 heterocycles. The summed E-state index contributed by atoms with van der Waals surface area (Å²) in [6.07, 6.45) is -79.4. The minimum atomic E-state index is -2.50. The first-order valence-electron chi connectivity index (χ1n) is 31.8. The molecule has 100 heavy (non-hydrogen) atoms. The largest absolute Gasteiger partial charge is 0.394 e. The first-order valence-corrected chi connectivity index (χ1v) is 31.8. The molecule has 44 nitrogen and oxygen atoms in total. The average molecular weight is 1470 g/mol. The molecule has 0 aromatic carbocycles. The number of carbonyl (C=O) groups excluding carboxylic acids is 1. The molecular formula is C56H91NO43. The Bertz CT molecular complexity index is 2570. The van der Waals surface area contributed by atoms with E-state index < -0.39 is 330 Å². The Kier molecular flexibility index (Phi) is 28.8. The van der Waals surface area contributed by atoms with E-state index in [4.69, 9.17) is 87.0 Å². The number of rotatable bonds is 24. The number of ether oxygens (including phenoxy) is 17. The van der Waals surface area contributed by atoms with E-state index >= 15 is 0 Å². The van der Waals surface area contributed by atoms with Gasteiger partial charge in [0.2, 0.25) is 5.91 Å². The van der Waals surface area contributed by atoms with E-state index in [9.17, 15) is 132 Å². The van der Waals surface area contributed by atoms with Gasteiger partial charge in [-0.25, -0.2) is 0 Å². The van der Waals surface area contributed by atoms with Gasteiger partial charge in [-0.1, -0.05) is 5.92 Å². The number of hydrogen-bond acceptors (Lipinski definition) is 43. The second-order valence-electron chi connectivity index (χ2n) is 25.3. The highest BCUT2D eigenvalue weighted by Gasteiger charge is 2.59. The van der Waals surface area contributed by atoms with E-state index in [2.05, 4.69) is 5.92 Å². The minimum Gasteiger partial charge on any atom is -0.394 e. The Morgan fingerprint density at radius 2 is 0.640 bits per heavy atom. The first kappa shape index (κ1) is 81.4. The lowest BCUT2D eigenvalue weighted by atomic mass is 9.95. The van der Waals surface area contributed by atoms with Crippen LogP contribution in [0.4, 0.5) is 0 Å². The number of aliphatic hydroxyl groups excluding tert-OH is 25. The molecule has 9 aliphatic heterocycles. The Morgan fingerprint density at radius 3 is 1.03 bits per heavy atom. The maximum atomic E-state index is 12.6. The van der Waals surface area contributed by atoms with Crippen molar-refractivity contribution in [1.82, 2.24) is 4.90 Å². The third-order valence-corrected chi connectivity index (χ3v) is 18.5. The van der Waals surface area contributed by atoms with Crippen molar-refractivity contribution in [2.24, 2.45) is 0 Å². The summed E-state index contributed by atoms with van der Waals surface area (Å²) in [5.74, 6) is 1.44. The maximum absolute atomic E-state index is 12.6. The molecule has 0 spiro atoms. The molecule has 0 radical (unpaired) electrons. The molecule has 9 saturated heterocycles. The zero-order chi connectivity index (χ0) is 73.2. The molecule has 9 aliphatic rings. The molecule has 578 valence electrons. The lowest BCUT2D eigenvalue weighted by molar-refractivity contribution is -0.396. The molecule has 0 aromatic heterocycles. The van der Waals surface area contributed by atoms with E-state index in [0.717, 1.165) is 11.8 Å². The zero-order valence-electron chi connectivity index (χ0n) is 52.9. The van der Waals surface area contributed by atoms with Crippen molar-refractivity contribution in [3.05, 3.63) is 0 Å². The lowest BCUT2D eigenvalue weighted by Gasteiger charge is -2.50. The van der Waals surface area contributed by atoms with Crippen LogP contribution in [0.5, 0.6) is 0 Å². The quantitative estimate of drug-likeness (QED) is 0.0399. The molecular weight excluding hydrogens is 1370 g/mol. The van der Waals surface area contributed by atoms with Crippen molar-refractivity contribution >= 4 is 5.91 Å². The van der Waals surface area contributed by atoms with E-state index in [1.807, 2.05) is 0 Å². The molecule has 9 rings (SSSR count). The van der Waals surface area contributed by atoms with Gasteiger partial charge in [-0.3, -0.25) is 4.79 Å². The standard InChI is InChI=1S/C56H91NO43/c1-3-4-57(14(2)61)48-36(77)33(74)43(20(7-60)90-48)96-53-41(82)34(75)45(23(94-53)13-89-56-47(26(67)17(64)10-86-56)100-51-39(80)31(72)28(69)19(6-59)92-51)98-54-42(83)35(76)44(97-52-40(81)32(73)29(70)21(93-52)11-87-49-37(78)24(65)15(62)8-84-49)22(95-54)12-88-55-46(25(66)16(63)9-85-55)99-50-38(79)30(71)27(68)18(5-58)91-50/h1,15-56,58-60,62-83H,4-13H2,2H3/t15-,16-,17-,18?,19?,20+,21?,22+,23?,24-,25?,26-,27-,28-,29-,30-,31-,32-,33?,34+,35?,36?,37?,38?,39+,40?,41?,42?,43+,44+,45-,46?,47?,48-,49-,50-,51?,52-,53-,54+,55-,56-/m0/s1. The van der Waals surface area contributed by atoms with Gasteiger partial charge in [0, 0.05) is 6.92 Å². The summed E-state index contributed by atoms with van der Waals surface area (Å²) in [5, 5.41) is 273. The molecule has 1 amide bonds. The molecule has 42 atom stereocenters. The Morgan fingerprint density at radius 1 is 0.340 bits per heavy atom. The topological polar surface area (TPSA) is 683 Å². The SMILES string of the molecule is C#CCN(C(C)=O)[C@H]1O[C@H](CO)[C@@H](O[C@@H]2OC(CO[C@@H]3OC[C@H](O)[C@H](O)C3OC3OC(CO)[C@H](O)[C@H](O)[C@H]3O)[C@H](O[C@H]3O[C@H](CO[C@@H]4OC[C@H](O)C(O)C4O[C@@H]4OC(CO)[C@H](O)[C@H](O)C4O)[C@@H](O[C@@H]4OC(CO[C@@H]5OC[C@H](O)[C@H](O)C5O)[C@H](O)[C@H](O)C4O)C(O)C3O)[C@H](O)C2O)C(O)C1O. The Labute approximate surface area is 565 Å². The minimum absolute atomic E-state index is 0.469. The average Bonchev–Trinajstić information content (AvgIpc) is 0.781. The third kappa shape index (κ3) is 17.5. The van der Waals surface area contributed by atoms with Gasteiger partial charge < -0.3 is 213 Å². The fourth-order valence-electron chi connectivity index (χ4n) is 12.5. The molecule has 0 saturated carbocycles. The van der Waals surface area contributed by atoms with E-state index in [1.54, 1.807) is 0 Å². The molecule has 9 fully saturated rings. The van der Waals surface area contributed by atoms with Crippen LogP contribution in [-0.2, 0) is 85.3 Å². The van der Waals surface area contributed by atoms with Crippen molar-refractivity contribution < 1.29 is 213 Å². The number of hydrogen-bond donors (Lipinski definition) is 25. The zero-order valence-corrected chi connectivity index (χ0v) is 52.9. The number of aliphatic hydroxyl groups is 25. The lowest BCUT2D eigenvalue weighted by Crippen LogP contribution is -2.68. The highest BCUT2D eigenvalue weighted by atomic mass is 16.8. The van der Waals surface area contributed by atoms with Crippen LogP contribution in [0.3, 0.4) is 0 Å². The van der Waals surface area contributed by atoms with Crippen LogP contribution < -0.4 is 0 Å². The summed E-state index contributed by atoms with van der Waals surface area (Å²) in [5.41, 5.74) is 0. The first-order chi connectivity index (χ1) is 47.4. The normalized spacial score (nSPS) is 51.2. The third-order valence-electron chi connectivity index (χ3n) is 18.5. The van der Waals surface area contributed by atoms with Gasteiger partial charge in [-0.15, -0.1) is 6.42 Å². The van der Waals surface area contributed by atoms with E-state index in [1.165, 1.54) is 0 Å². The van der Waals surface area contributed by atoms with Gasteiger partial charge in [0.25, 0.3) is 0 Å². The maximum Gasteiger partial charge on any atom is 0.222 e. The van der Waals surface area contributed by atoms with Crippen LogP contribution in [0, 0.1) is 12.3 Å². The summed E-state index contributed by atoms with van der Waals surface area (Å²) in [7, 11) is 0. The fourth-order valence-corrected chi connectivity index (χ4v) is 12.5. The Hall–Kier alpha value is -2.65. The fraction of sp³-hybridized carbons (Fsp3) is 0.946. The highest BCUT2D eigenvalue weighted by molar-refractivity contribution is 5.73. The van der Waals surface area contributed by atoms with Gasteiger partial charge in [0.15, 0.2) is 56.5 Å². The molecule has 16 unspecified atom stereocenters. The Balaban J connectivity index is 1.02. The summed E-state index contributed by atoms with van der Waals surface area (Å²) in [6, 6.07) is 0. The second-order valence-corrected chi connectivity index (χ2v) is 25.3.